The van der Waals surface area contributed by atoms with Crippen molar-refractivity contribution in [1.82, 2.24) is 10.3 Å². The Kier molecular flexibility index (Phi) is 2.45. The third kappa shape index (κ3) is 1.48. The van der Waals surface area contributed by atoms with Gasteiger partial charge in [0.25, 0.3) is 0 Å². The molecule has 0 aromatic carbocycles. The highest BCUT2D eigenvalue weighted by atomic mass is 16.5. The van der Waals surface area contributed by atoms with Gasteiger partial charge in [-0.15, -0.1) is 0 Å². The van der Waals surface area contributed by atoms with Crippen LogP contribution in [-0.2, 0) is 4.74 Å². The number of hydrogen-bond acceptors (Lipinski definition) is 4. The number of ether oxygens (including phenoxy) is 1. The van der Waals surface area contributed by atoms with Gasteiger partial charge in [0.2, 0.25) is 0 Å². The van der Waals surface area contributed by atoms with E-state index in [-0.39, 0.29) is 5.97 Å². The molecule has 4 nitrogen and oxygen atoms in total. The van der Waals surface area contributed by atoms with E-state index in [9.17, 15) is 4.79 Å². The minimum atomic E-state index is -0.306. The van der Waals surface area contributed by atoms with Crippen LogP contribution in [-0.4, -0.2) is 31.2 Å². The van der Waals surface area contributed by atoms with Crippen LogP contribution in [0.15, 0.2) is 18.3 Å². The highest BCUT2D eigenvalue weighted by Gasteiger charge is 2.25. The van der Waals surface area contributed by atoms with Crippen LogP contribution in [0.2, 0.25) is 0 Å². The van der Waals surface area contributed by atoms with Crippen molar-refractivity contribution in [3.63, 3.8) is 0 Å². The number of aromatic nitrogens is 1. The Balaban J connectivity index is 2.32. The molecule has 0 amide bonds. The normalized spacial score (nSPS) is 16.1. The Morgan fingerprint density at radius 1 is 1.64 bits per heavy atom. The zero-order chi connectivity index (χ0) is 9.97. The molecule has 0 unspecified atom stereocenters. The van der Waals surface area contributed by atoms with E-state index in [4.69, 9.17) is 4.74 Å². The minimum Gasteiger partial charge on any atom is -0.465 e. The van der Waals surface area contributed by atoms with E-state index in [1.165, 1.54) is 7.11 Å². The Morgan fingerprint density at radius 2 is 2.43 bits per heavy atom. The van der Waals surface area contributed by atoms with Crippen LogP contribution in [0.3, 0.4) is 0 Å². The first kappa shape index (κ1) is 9.15. The summed E-state index contributed by atoms with van der Waals surface area (Å²) in [6.45, 7) is 1.78. The number of nitrogens with one attached hydrogen (secondary N) is 1. The summed E-state index contributed by atoms with van der Waals surface area (Å²) in [5, 5.41) is 3.15. The number of rotatable bonds is 2. The number of methoxy groups -OCH3 is 1. The summed E-state index contributed by atoms with van der Waals surface area (Å²) in [6, 6.07) is 3.51. The van der Waals surface area contributed by atoms with Gasteiger partial charge in [-0.05, 0) is 12.1 Å². The fourth-order valence-corrected chi connectivity index (χ4v) is 1.51. The molecule has 0 aliphatic carbocycles. The van der Waals surface area contributed by atoms with Gasteiger partial charge < -0.3 is 10.1 Å². The van der Waals surface area contributed by atoms with Gasteiger partial charge in [-0.1, -0.05) is 0 Å². The van der Waals surface area contributed by atoms with Crippen LogP contribution < -0.4 is 5.32 Å². The van der Waals surface area contributed by atoms with Gasteiger partial charge >= 0.3 is 5.97 Å². The summed E-state index contributed by atoms with van der Waals surface area (Å²) in [5.74, 6) is 0.0466. The average Bonchev–Trinajstić information content (AvgIpc) is 2.15. The topological polar surface area (TPSA) is 51.2 Å². The van der Waals surface area contributed by atoms with E-state index in [0.717, 1.165) is 18.8 Å². The lowest BCUT2D eigenvalue weighted by Crippen LogP contribution is -2.41. The third-order valence-electron chi connectivity index (χ3n) is 2.41. The lowest BCUT2D eigenvalue weighted by Gasteiger charge is -2.27. The standard InChI is InChI=1S/C10H12N2O2/c1-14-10(13)8-3-2-4-12-9(8)7-5-11-6-7/h2-4,7,11H,5-6H2,1H3. The molecule has 0 radical (unpaired) electrons. The zero-order valence-corrected chi connectivity index (χ0v) is 7.99. The highest BCUT2D eigenvalue weighted by molar-refractivity contribution is 5.90. The number of esters is 1. The van der Waals surface area contributed by atoms with Crippen molar-refractivity contribution in [3.8, 4) is 0 Å². The van der Waals surface area contributed by atoms with E-state index in [0.29, 0.717) is 11.5 Å². The van der Waals surface area contributed by atoms with Gasteiger partial charge in [-0.25, -0.2) is 4.79 Å². The summed E-state index contributed by atoms with van der Waals surface area (Å²) in [6.07, 6.45) is 1.71. The fourth-order valence-electron chi connectivity index (χ4n) is 1.51. The Labute approximate surface area is 82.3 Å². The first-order valence-electron chi connectivity index (χ1n) is 4.57. The molecular weight excluding hydrogens is 180 g/mol. The molecule has 0 spiro atoms. The number of hydrogen-bond donors (Lipinski definition) is 1. The molecule has 2 rings (SSSR count). The molecule has 74 valence electrons. The Hall–Kier alpha value is -1.42. The molecule has 0 atom stereocenters. The average molecular weight is 192 g/mol. The van der Waals surface area contributed by atoms with E-state index >= 15 is 0 Å². The van der Waals surface area contributed by atoms with Crippen LogP contribution in [0.1, 0.15) is 22.0 Å². The SMILES string of the molecule is COC(=O)c1cccnc1C1CNC1. The number of pyridine rings is 1. The van der Waals surface area contributed by atoms with Crippen molar-refractivity contribution >= 4 is 5.97 Å². The van der Waals surface area contributed by atoms with Crippen LogP contribution >= 0.6 is 0 Å². The van der Waals surface area contributed by atoms with Gasteiger partial charge in [-0.2, -0.15) is 0 Å². The van der Waals surface area contributed by atoms with Crippen LogP contribution in [0.4, 0.5) is 0 Å². The second-order valence-corrected chi connectivity index (χ2v) is 3.28. The summed E-state index contributed by atoms with van der Waals surface area (Å²) in [5.41, 5.74) is 1.43. The predicted molar refractivity (Wildman–Crippen MR) is 51.2 cm³/mol. The summed E-state index contributed by atoms with van der Waals surface area (Å²) >= 11 is 0. The fraction of sp³-hybridized carbons (Fsp3) is 0.400. The predicted octanol–water partition coefficient (Wildman–Crippen LogP) is 0.555. The van der Waals surface area contributed by atoms with E-state index in [1.807, 2.05) is 0 Å². The molecule has 1 aromatic heterocycles. The largest absolute Gasteiger partial charge is 0.465 e. The van der Waals surface area contributed by atoms with E-state index < -0.39 is 0 Å². The van der Waals surface area contributed by atoms with Gasteiger partial charge in [0.1, 0.15) is 0 Å². The molecule has 1 aromatic rings. The number of carbonyl (C=O) groups is 1. The van der Waals surface area contributed by atoms with Crippen LogP contribution in [0, 0.1) is 0 Å². The molecule has 1 aliphatic heterocycles. The quantitative estimate of drug-likeness (QED) is 0.695. The van der Waals surface area contributed by atoms with Crippen molar-refractivity contribution < 1.29 is 9.53 Å². The molecule has 0 bridgehead atoms. The Morgan fingerprint density at radius 3 is 3.00 bits per heavy atom. The first-order chi connectivity index (χ1) is 6.83. The maximum atomic E-state index is 11.4. The van der Waals surface area contributed by atoms with E-state index in [2.05, 4.69) is 10.3 Å². The van der Waals surface area contributed by atoms with E-state index in [1.54, 1.807) is 18.3 Å². The Bertz CT molecular complexity index is 348. The molecular formula is C10H12N2O2. The molecule has 4 heteroatoms. The van der Waals surface area contributed by atoms with Crippen molar-refractivity contribution in [3.05, 3.63) is 29.6 Å². The molecule has 1 saturated heterocycles. The molecule has 2 heterocycles. The smallest absolute Gasteiger partial charge is 0.339 e. The molecule has 14 heavy (non-hydrogen) atoms. The van der Waals surface area contributed by atoms with Gasteiger partial charge in [0.15, 0.2) is 0 Å². The highest BCUT2D eigenvalue weighted by Crippen LogP contribution is 2.21. The first-order valence-corrected chi connectivity index (χ1v) is 4.57. The monoisotopic (exact) mass is 192 g/mol. The summed E-state index contributed by atoms with van der Waals surface area (Å²) < 4.78 is 4.70. The van der Waals surface area contributed by atoms with Crippen molar-refractivity contribution in [2.24, 2.45) is 0 Å². The number of nitrogens with zero attached hydrogens (tertiary/aromatic N) is 1. The van der Waals surface area contributed by atoms with Crippen LogP contribution in [0.25, 0.3) is 0 Å². The van der Waals surface area contributed by atoms with Gasteiger partial charge in [0.05, 0.1) is 18.4 Å². The lowest BCUT2D eigenvalue weighted by atomic mass is 9.95. The minimum absolute atomic E-state index is 0.306. The molecule has 0 saturated carbocycles. The molecule has 1 aliphatic rings. The van der Waals surface area contributed by atoms with Crippen molar-refractivity contribution in [2.45, 2.75) is 5.92 Å². The number of carbonyl (C=O) groups excluding carboxylic acids is 1. The van der Waals surface area contributed by atoms with Gasteiger partial charge in [0, 0.05) is 25.2 Å². The second-order valence-electron chi connectivity index (χ2n) is 3.28. The van der Waals surface area contributed by atoms with Gasteiger partial charge in [-0.3, -0.25) is 4.98 Å². The molecule has 1 fully saturated rings. The zero-order valence-electron chi connectivity index (χ0n) is 7.99. The van der Waals surface area contributed by atoms with Crippen LogP contribution in [0.5, 0.6) is 0 Å². The third-order valence-corrected chi connectivity index (χ3v) is 2.41. The van der Waals surface area contributed by atoms with Crippen molar-refractivity contribution in [2.75, 3.05) is 20.2 Å². The summed E-state index contributed by atoms with van der Waals surface area (Å²) in [4.78, 5) is 15.6. The lowest BCUT2D eigenvalue weighted by molar-refractivity contribution is 0.0597. The maximum Gasteiger partial charge on any atom is 0.339 e. The second kappa shape index (κ2) is 3.75. The summed E-state index contributed by atoms with van der Waals surface area (Å²) in [7, 11) is 1.39. The maximum absolute atomic E-state index is 11.4. The van der Waals surface area contributed by atoms with Crippen molar-refractivity contribution in [1.29, 1.82) is 0 Å². The molecule has 1 N–H and O–H groups in total.